The van der Waals surface area contributed by atoms with Crippen molar-refractivity contribution in [2.75, 3.05) is 11.9 Å². The van der Waals surface area contributed by atoms with E-state index >= 15 is 0 Å². The van der Waals surface area contributed by atoms with E-state index in [9.17, 15) is 4.79 Å². The summed E-state index contributed by atoms with van der Waals surface area (Å²) in [6.07, 6.45) is 0.918. The molecule has 1 aromatic rings. The summed E-state index contributed by atoms with van der Waals surface area (Å²) >= 11 is 5.02. The van der Waals surface area contributed by atoms with Crippen LogP contribution in [0.2, 0.25) is 0 Å². The van der Waals surface area contributed by atoms with Gasteiger partial charge in [-0.25, -0.2) is 0 Å². The second-order valence-electron chi connectivity index (χ2n) is 4.57. The molecule has 1 rings (SSSR count). The number of amides is 1. The molecule has 5 heteroatoms. The summed E-state index contributed by atoms with van der Waals surface area (Å²) in [4.78, 5) is 12.2. The maximum absolute atomic E-state index is 11.8. The van der Waals surface area contributed by atoms with Crippen molar-refractivity contribution in [3.8, 4) is 0 Å². The summed E-state index contributed by atoms with van der Waals surface area (Å²) in [5.41, 5.74) is 8.33. The summed E-state index contributed by atoms with van der Waals surface area (Å²) in [6.45, 7) is 6.50. The molecular weight excluding hydrogens is 258 g/mol. The van der Waals surface area contributed by atoms with Gasteiger partial charge in [-0.15, -0.1) is 0 Å². The van der Waals surface area contributed by atoms with Crippen LogP contribution in [0, 0.1) is 6.92 Å². The van der Waals surface area contributed by atoms with Crippen LogP contribution >= 0.6 is 12.2 Å². The number of nitrogens with two attached hydrogens (primary N) is 1. The fourth-order valence-electron chi connectivity index (χ4n) is 1.69. The van der Waals surface area contributed by atoms with Gasteiger partial charge >= 0.3 is 0 Å². The van der Waals surface area contributed by atoms with E-state index in [1.54, 1.807) is 0 Å². The molecule has 104 valence electrons. The highest BCUT2D eigenvalue weighted by molar-refractivity contribution is 7.80. The molecule has 1 atom stereocenters. The predicted octanol–water partition coefficient (Wildman–Crippen LogP) is 1.96. The molecule has 0 bridgehead atoms. The highest BCUT2D eigenvalue weighted by Crippen LogP contribution is 2.18. The van der Waals surface area contributed by atoms with E-state index < -0.39 is 0 Å². The molecule has 4 nitrogen and oxygen atoms in total. The topological polar surface area (TPSA) is 67.2 Å². The molecule has 0 aliphatic carbocycles. The lowest BCUT2D eigenvalue weighted by molar-refractivity contribution is -0.121. The average Bonchev–Trinajstić information content (AvgIpc) is 2.35. The lowest BCUT2D eigenvalue weighted by Gasteiger charge is -2.18. The Bertz CT molecular complexity index is 474. The minimum atomic E-state index is -0.332. The third-order valence-electron chi connectivity index (χ3n) is 2.76. The van der Waals surface area contributed by atoms with Gasteiger partial charge < -0.3 is 16.4 Å². The van der Waals surface area contributed by atoms with E-state index in [1.165, 1.54) is 0 Å². The first-order valence-electron chi connectivity index (χ1n) is 6.40. The first-order valence-corrected chi connectivity index (χ1v) is 6.81. The molecule has 1 amide bonds. The van der Waals surface area contributed by atoms with Gasteiger partial charge in [-0.3, -0.25) is 4.79 Å². The van der Waals surface area contributed by atoms with Crippen molar-refractivity contribution in [1.29, 1.82) is 0 Å². The van der Waals surface area contributed by atoms with Crippen LogP contribution < -0.4 is 16.4 Å². The van der Waals surface area contributed by atoms with Crippen molar-refractivity contribution in [1.82, 2.24) is 5.32 Å². The molecule has 0 aliphatic rings. The van der Waals surface area contributed by atoms with E-state index in [0.717, 1.165) is 23.2 Å². The van der Waals surface area contributed by atoms with Crippen LogP contribution in [0.4, 0.5) is 5.69 Å². The van der Waals surface area contributed by atoms with Crippen LogP contribution in [0.1, 0.15) is 31.4 Å². The summed E-state index contributed by atoms with van der Waals surface area (Å²) in [7, 11) is 0. The summed E-state index contributed by atoms with van der Waals surface area (Å²) in [6, 6.07) is 5.43. The van der Waals surface area contributed by atoms with Crippen molar-refractivity contribution in [3.63, 3.8) is 0 Å². The lowest BCUT2D eigenvalue weighted by atomic mass is 10.1. The van der Waals surface area contributed by atoms with Gasteiger partial charge in [-0.05, 0) is 38.0 Å². The van der Waals surface area contributed by atoms with Crippen LogP contribution in [-0.2, 0) is 4.79 Å². The largest absolute Gasteiger partial charge is 0.389 e. The van der Waals surface area contributed by atoms with Gasteiger partial charge in [0.15, 0.2) is 0 Å². The van der Waals surface area contributed by atoms with Crippen LogP contribution in [0.5, 0.6) is 0 Å². The zero-order valence-corrected chi connectivity index (χ0v) is 12.4. The zero-order chi connectivity index (χ0) is 14.4. The number of anilines is 1. The number of rotatable bonds is 6. The molecule has 0 fully saturated rings. The zero-order valence-electron chi connectivity index (χ0n) is 11.6. The number of carbonyl (C=O) groups is 1. The number of nitrogens with one attached hydrogen (secondary N) is 2. The SMILES string of the molecule is CCCNC(=O)C(C)Nc1cc(C)ccc1C(N)=S. The lowest BCUT2D eigenvalue weighted by Crippen LogP contribution is -2.38. The monoisotopic (exact) mass is 279 g/mol. The Balaban J connectivity index is 2.83. The Morgan fingerprint density at radius 2 is 2.16 bits per heavy atom. The third kappa shape index (κ3) is 4.52. The highest BCUT2D eigenvalue weighted by atomic mass is 32.1. The number of hydrogen-bond acceptors (Lipinski definition) is 3. The number of thiocarbonyl (C=S) groups is 1. The van der Waals surface area contributed by atoms with E-state index in [4.69, 9.17) is 18.0 Å². The van der Waals surface area contributed by atoms with Crippen molar-refractivity contribution >= 4 is 28.8 Å². The number of benzene rings is 1. The predicted molar refractivity (Wildman–Crippen MR) is 83.5 cm³/mol. The second kappa shape index (κ2) is 7.09. The van der Waals surface area contributed by atoms with Gasteiger partial charge in [-0.1, -0.05) is 25.2 Å². The second-order valence-corrected chi connectivity index (χ2v) is 5.01. The van der Waals surface area contributed by atoms with E-state index in [2.05, 4.69) is 10.6 Å². The van der Waals surface area contributed by atoms with E-state index in [1.807, 2.05) is 39.0 Å². The van der Waals surface area contributed by atoms with Gasteiger partial charge in [0.05, 0.1) is 0 Å². The van der Waals surface area contributed by atoms with Crippen molar-refractivity contribution in [2.45, 2.75) is 33.2 Å². The van der Waals surface area contributed by atoms with Gasteiger partial charge in [0.1, 0.15) is 11.0 Å². The molecule has 1 aromatic carbocycles. The van der Waals surface area contributed by atoms with Crippen LogP contribution in [0.15, 0.2) is 18.2 Å². The molecule has 0 aromatic heterocycles. The Hall–Kier alpha value is -1.62. The fraction of sp³-hybridized carbons (Fsp3) is 0.429. The van der Waals surface area contributed by atoms with Crippen molar-refractivity contribution in [2.24, 2.45) is 5.73 Å². The molecule has 0 saturated carbocycles. The smallest absolute Gasteiger partial charge is 0.242 e. The molecule has 0 heterocycles. The van der Waals surface area contributed by atoms with E-state index in [0.29, 0.717) is 11.5 Å². The number of carbonyl (C=O) groups excluding carboxylic acids is 1. The summed E-state index contributed by atoms with van der Waals surface area (Å²) in [5.74, 6) is -0.0303. The van der Waals surface area contributed by atoms with Gasteiger partial charge in [0.25, 0.3) is 0 Å². The molecule has 0 spiro atoms. The van der Waals surface area contributed by atoms with Crippen molar-refractivity contribution < 1.29 is 4.79 Å². The Morgan fingerprint density at radius 1 is 1.47 bits per heavy atom. The van der Waals surface area contributed by atoms with Gasteiger partial charge in [0.2, 0.25) is 5.91 Å². The summed E-state index contributed by atoms with van der Waals surface area (Å²) < 4.78 is 0. The Morgan fingerprint density at radius 3 is 2.74 bits per heavy atom. The minimum absolute atomic E-state index is 0.0303. The van der Waals surface area contributed by atoms with E-state index in [-0.39, 0.29) is 11.9 Å². The van der Waals surface area contributed by atoms with Crippen LogP contribution in [0.3, 0.4) is 0 Å². The molecule has 19 heavy (non-hydrogen) atoms. The van der Waals surface area contributed by atoms with Crippen molar-refractivity contribution in [3.05, 3.63) is 29.3 Å². The average molecular weight is 279 g/mol. The molecule has 1 unspecified atom stereocenters. The van der Waals surface area contributed by atoms with Crippen LogP contribution in [0.25, 0.3) is 0 Å². The Kier molecular flexibility index (Phi) is 5.76. The Labute approximate surface area is 119 Å². The normalized spacial score (nSPS) is 11.7. The molecular formula is C14H21N3OS. The molecule has 0 radical (unpaired) electrons. The van der Waals surface area contributed by atoms with Gasteiger partial charge in [-0.2, -0.15) is 0 Å². The fourth-order valence-corrected chi connectivity index (χ4v) is 1.87. The number of hydrogen-bond donors (Lipinski definition) is 3. The maximum atomic E-state index is 11.8. The molecule has 0 saturated heterocycles. The van der Waals surface area contributed by atoms with Crippen LogP contribution in [-0.4, -0.2) is 23.5 Å². The molecule has 0 aliphatic heterocycles. The summed E-state index contributed by atoms with van der Waals surface area (Å²) in [5, 5.41) is 6.01. The minimum Gasteiger partial charge on any atom is -0.389 e. The standard InChI is InChI=1S/C14H21N3OS/c1-4-7-16-14(18)10(3)17-12-8-9(2)5-6-11(12)13(15)19/h5-6,8,10,17H,4,7H2,1-3H3,(H2,15,19)(H,16,18). The maximum Gasteiger partial charge on any atom is 0.242 e. The third-order valence-corrected chi connectivity index (χ3v) is 2.97. The molecule has 4 N–H and O–H groups in total. The first kappa shape index (κ1) is 15.4. The first-order chi connectivity index (χ1) is 8.95. The number of aryl methyl sites for hydroxylation is 1. The quantitative estimate of drug-likeness (QED) is 0.696. The highest BCUT2D eigenvalue weighted by Gasteiger charge is 2.14. The van der Waals surface area contributed by atoms with Gasteiger partial charge in [0, 0.05) is 17.8 Å².